The van der Waals surface area contributed by atoms with E-state index in [1.165, 1.54) is 4.90 Å². The fourth-order valence-electron chi connectivity index (χ4n) is 4.03. The van der Waals surface area contributed by atoms with Crippen molar-refractivity contribution < 1.29 is 24.2 Å². The second-order valence-corrected chi connectivity index (χ2v) is 16.3. The maximum absolute atomic E-state index is 12.7. The first-order chi connectivity index (χ1) is 17.6. The van der Waals surface area contributed by atoms with Crippen LogP contribution in [0.1, 0.15) is 43.5 Å². The van der Waals surface area contributed by atoms with Crippen LogP contribution in [0.4, 0.5) is 10.6 Å². The van der Waals surface area contributed by atoms with Crippen molar-refractivity contribution in [2.45, 2.75) is 77.7 Å². The number of aliphatic hydroxyl groups excluding tert-OH is 1. The predicted octanol–water partition coefficient (Wildman–Crippen LogP) is 3.28. The van der Waals surface area contributed by atoms with Gasteiger partial charge >= 0.3 is 6.09 Å². The van der Waals surface area contributed by atoms with Crippen molar-refractivity contribution in [3.63, 3.8) is 0 Å². The van der Waals surface area contributed by atoms with Crippen molar-refractivity contribution in [1.29, 1.82) is 0 Å². The molecule has 3 rings (SSSR count). The summed E-state index contributed by atoms with van der Waals surface area (Å²) < 4.78 is 13.0. The van der Waals surface area contributed by atoms with Crippen molar-refractivity contribution in [1.82, 2.24) is 24.8 Å². The van der Waals surface area contributed by atoms with Crippen LogP contribution in [0.5, 0.6) is 0 Å². The Kier molecular flexibility index (Phi) is 10.3. The number of nitrogens with zero attached hydrogens (tertiary/aromatic N) is 4. The van der Waals surface area contributed by atoms with E-state index < -0.39 is 20.3 Å². The number of hydrogen-bond acceptors (Lipinski definition) is 8. The Morgan fingerprint density at radius 1 is 1.24 bits per heavy atom. The zero-order valence-electron chi connectivity index (χ0n) is 22.7. The number of piperidine rings is 1. The molecule has 0 spiro atoms. The van der Waals surface area contributed by atoms with Gasteiger partial charge in [-0.3, -0.25) is 4.79 Å². The van der Waals surface area contributed by atoms with Crippen LogP contribution >= 0.6 is 0 Å². The minimum absolute atomic E-state index is 0.174. The summed E-state index contributed by atoms with van der Waals surface area (Å²) in [6, 6.07) is 0.735. The summed E-state index contributed by atoms with van der Waals surface area (Å²) in [5.41, 5.74) is 1.45. The molecule has 0 radical (unpaired) electrons. The zero-order chi connectivity index (χ0) is 27.0. The largest absolute Gasteiger partial charge is 0.449 e. The highest BCUT2D eigenvalue weighted by molar-refractivity contribution is 6.76. The number of fused-ring (bicyclic) bond motifs is 1. The molecule has 3 N–H and O–H groups in total. The number of aromatic nitrogens is 3. The van der Waals surface area contributed by atoms with Crippen molar-refractivity contribution in [2.75, 3.05) is 38.2 Å². The molecule has 1 aliphatic rings. The molecule has 0 saturated carbocycles. The van der Waals surface area contributed by atoms with Gasteiger partial charge in [-0.2, -0.15) is 0 Å². The summed E-state index contributed by atoms with van der Waals surface area (Å²) in [5, 5.41) is 16.8. The Balaban J connectivity index is 1.70. The van der Waals surface area contributed by atoms with E-state index in [9.17, 15) is 14.7 Å². The summed E-state index contributed by atoms with van der Waals surface area (Å²) in [5.74, 6) is 0.230. The Morgan fingerprint density at radius 2 is 2.03 bits per heavy atom. The van der Waals surface area contributed by atoms with E-state index in [0.29, 0.717) is 55.3 Å². The molecule has 0 aromatic carbocycles. The first-order valence-corrected chi connectivity index (χ1v) is 16.9. The minimum atomic E-state index is -1.21. The van der Waals surface area contributed by atoms with E-state index in [2.05, 4.69) is 40.2 Å². The highest BCUT2D eigenvalue weighted by Crippen LogP contribution is 2.22. The van der Waals surface area contributed by atoms with E-state index in [1.54, 1.807) is 17.0 Å². The second kappa shape index (κ2) is 13.2. The number of rotatable bonds is 12. The van der Waals surface area contributed by atoms with E-state index in [1.807, 2.05) is 13.8 Å². The monoisotopic (exact) mass is 534 g/mol. The highest BCUT2D eigenvalue weighted by atomic mass is 28.3. The van der Waals surface area contributed by atoms with E-state index in [0.717, 1.165) is 18.9 Å². The average Bonchev–Trinajstić information content (AvgIpc) is 3.20. The molecule has 2 atom stereocenters. The number of unbranched alkanes of at least 4 members (excludes halogenated alkanes) is 1. The molecule has 0 bridgehead atoms. The van der Waals surface area contributed by atoms with Gasteiger partial charge in [-0.25, -0.2) is 14.8 Å². The van der Waals surface area contributed by atoms with Gasteiger partial charge in [0.25, 0.3) is 5.91 Å². The summed E-state index contributed by atoms with van der Waals surface area (Å²) >= 11 is 0. The van der Waals surface area contributed by atoms with Crippen LogP contribution < -0.4 is 10.6 Å². The Bertz CT molecular complexity index is 1060. The lowest BCUT2D eigenvalue weighted by Gasteiger charge is -2.35. The van der Waals surface area contributed by atoms with Gasteiger partial charge in [0.05, 0.1) is 37.1 Å². The smallest absolute Gasteiger partial charge is 0.409 e. The maximum atomic E-state index is 12.7. The Hall–Kier alpha value is -2.70. The molecule has 2 unspecified atom stereocenters. The molecule has 0 aliphatic carbocycles. The van der Waals surface area contributed by atoms with Crippen molar-refractivity contribution >= 4 is 37.1 Å². The summed E-state index contributed by atoms with van der Waals surface area (Å²) in [6.07, 6.45) is 4.43. The number of amides is 2. The van der Waals surface area contributed by atoms with E-state index in [-0.39, 0.29) is 25.2 Å². The number of likely N-dealkylation sites (tertiary alicyclic amines) is 1. The topological polar surface area (TPSA) is 131 Å². The molecular weight excluding hydrogens is 492 g/mol. The van der Waals surface area contributed by atoms with Crippen LogP contribution in [-0.4, -0.2) is 89.6 Å². The minimum Gasteiger partial charge on any atom is -0.449 e. The lowest BCUT2D eigenvalue weighted by atomic mass is 10.0. The lowest BCUT2D eigenvalue weighted by molar-refractivity contribution is 0.0421. The standard InChI is InChI=1S/C25H42N6O5Si/c1-6-8-11-36-25(34)30-10-9-19(20(32)16-30)28-21-14-27-23-22(29-21)18(24(33)26-7-2)15-31(23)17-35-12-13-37(3,4)5/h14-15,19-20,32H,6-13,16-17H2,1-5H3,(H,26,33)(H,28,29). The molecule has 2 aromatic heterocycles. The van der Waals surface area contributed by atoms with Crippen LogP contribution in [0, 0.1) is 0 Å². The average molecular weight is 535 g/mol. The molecular formula is C25H42N6O5Si. The predicted molar refractivity (Wildman–Crippen MR) is 146 cm³/mol. The van der Waals surface area contributed by atoms with Crippen LogP contribution in [0.2, 0.25) is 25.7 Å². The molecule has 37 heavy (non-hydrogen) atoms. The summed E-state index contributed by atoms with van der Waals surface area (Å²) in [7, 11) is -1.21. The Morgan fingerprint density at radius 3 is 2.70 bits per heavy atom. The third-order valence-electron chi connectivity index (χ3n) is 6.27. The molecule has 2 amide bonds. The second-order valence-electron chi connectivity index (χ2n) is 10.7. The molecule has 2 aromatic rings. The number of anilines is 1. The van der Waals surface area contributed by atoms with E-state index >= 15 is 0 Å². The molecule has 1 fully saturated rings. The number of ether oxygens (including phenoxy) is 2. The molecule has 206 valence electrons. The third kappa shape index (κ3) is 8.14. The lowest BCUT2D eigenvalue weighted by Crippen LogP contribution is -2.51. The fourth-order valence-corrected chi connectivity index (χ4v) is 4.79. The van der Waals surface area contributed by atoms with Crippen LogP contribution in [-0.2, 0) is 16.2 Å². The van der Waals surface area contributed by atoms with Gasteiger partial charge in [0.2, 0.25) is 0 Å². The number of aliphatic hydroxyl groups is 1. The number of carbonyl (C=O) groups excluding carboxylic acids is 2. The highest BCUT2D eigenvalue weighted by Gasteiger charge is 2.31. The van der Waals surface area contributed by atoms with Crippen molar-refractivity contribution in [2.24, 2.45) is 0 Å². The quantitative estimate of drug-likeness (QED) is 0.279. The van der Waals surface area contributed by atoms with E-state index in [4.69, 9.17) is 9.47 Å². The van der Waals surface area contributed by atoms with Gasteiger partial charge in [-0.1, -0.05) is 33.0 Å². The normalized spacial score (nSPS) is 18.2. The van der Waals surface area contributed by atoms with Gasteiger partial charge < -0.3 is 34.7 Å². The summed E-state index contributed by atoms with van der Waals surface area (Å²) in [4.78, 5) is 35.8. The van der Waals surface area contributed by atoms with Gasteiger partial charge in [-0.15, -0.1) is 0 Å². The number of β-amino-alcohol motifs (C(OH)–C–C–N with tert-alkyl or cyclic N) is 1. The van der Waals surface area contributed by atoms with Crippen LogP contribution in [0.25, 0.3) is 11.2 Å². The van der Waals surface area contributed by atoms with Crippen LogP contribution in [0.3, 0.4) is 0 Å². The zero-order valence-corrected chi connectivity index (χ0v) is 23.7. The number of carbonyl (C=O) groups is 2. The maximum Gasteiger partial charge on any atom is 0.409 e. The summed E-state index contributed by atoms with van der Waals surface area (Å²) in [6.45, 7) is 13.3. The molecule has 11 nitrogen and oxygen atoms in total. The van der Waals surface area contributed by atoms with Gasteiger partial charge in [0, 0.05) is 34.0 Å². The SMILES string of the molecule is CCCCOC(=O)N1CCC(Nc2cnc3c(n2)c(C(=O)NCC)cn3COCC[Si](C)(C)C)C(O)C1. The van der Waals surface area contributed by atoms with Crippen molar-refractivity contribution in [3.05, 3.63) is 18.0 Å². The first kappa shape index (κ1) is 28.9. The Labute approximate surface area is 219 Å². The molecule has 1 saturated heterocycles. The molecule has 12 heteroatoms. The van der Waals surface area contributed by atoms with Gasteiger partial charge in [0.1, 0.15) is 18.1 Å². The number of hydrogen-bond donors (Lipinski definition) is 3. The van der Waals surface area contributed by atoms with Crippen LogP contribution in [0.15, 0.2) is 12.4 Å². The van der Waals surface area contributed by atoms with Gasteiger partial charge in [0.15, 0.2) is 5.65 Å². The fraction of sp³-hybridized carbons (Fsp3) is 0.680. The van der Waals surface area contributed by atoms with Gasteiger partial charge in [-0.05, 0) is 25.8 Å². The first-order valence-electron chi connectivity index (χ1n) is 13.2. The third-order valence-corrected chi connectivity index (χ3v) is 7.97. The molecule has 1 aliphatic heterocycles. The number of nitrogens with one attached hydrogen (secondary N) is 2. The van der Waals surface area contributed by atoms with Crippen molar-refractivity contribution in [3.8, 4) is 0 Å². The molecule has 3 heterocycles.